The van der Waals surface area contributed by atoms with Gasteiger partial charge in [0.05, 0.1) is 0 Å². The summed E-state index contributed by atoms with van der Waals surface area (Å²) in [6, 6.07) is 6.69. The minimum Gasteiger partial charge on any atom is -0.312 e. The Morgan fingerprint density at radius 3 is 2.89 bits per heavy atom. The van der Waals surface area contributed by atoms with Crippen molar-refractivity contribution >= 4 is 11.3 Å². The third kappa shape index (κ3) is 2.36. The van der Waals surface area contributed by atoms with E-state index in [0.717, 1.165) is 12.1 Å². The van der Waals surface area contributed by atoms with Crippen LogP contribution in [0.25, 0.3) is 0 Å². The van der Waals surface area contributed by atoms with Crippen molar-refractivity contribution in [2.24, 2.45) is 0 Å². The van der Waals surface area contributed by atoms with E-state index >= 15 is 0 Å². The van der Waals surface area contributed by atoms with E-state index in [1.54, 1.807) is 0 Å². The second-order valence-corrected chi connectivity index (χ2v) is 7.09. The number of nitrogens with zero attached hydrogens (tertiary/aromatic N) is 1. The van der Waals surface area contributed by atoms with Crippen molar-refractivity contribution in [3.05, 3.63) is 21.9 Å². The fourth-order valence-corrected chi connectivity index (χ4v) is 4.56. The normalized spacial score (nSPS) is 31.0. The van der Waals surface area contributed by atoms with E-state index in [-0.39, 0.29) is 0 Å². The minimum atomic E-state index is 0.596. The van der Waals surface area contributed by atoms with Gasteiger partial charge in [-0.25, -0.2) is 0 Å². The Hall–Kier alpha value is -0.380. The van der Waals surface area contributed by atoms with Crippen LogP contribution in [-0.2, 0) is 0 Å². The maximum atomic E-state index is 3.70. The van der Waals surface area contributed by atoms with Gasteiger partial charge in [0.1, 0.15) is 0 Å². The molecule has 0 saturated carbocycles. The van der Waals surface area contributed by atoms with E-state index in [1.807, 2.05) is 11.3 Å². The summed E-state index contributed by atoms with van der Waals surface area (Å²) in [4.78, 5) is 5.72. The maximum absolute atomic E-state index is 3.70. The van der Waals surface area contributed by atoms with Gasteiger partial charge in [0.15, 0.2) is 0 Å². The van der Waals surface area contributed by atoms with Crippen molar-refractivity contribution in [1.82, 2.24) is 10.2 Å². The summed E-state index contributed by atoms with van der Waals surface area (Å²) in [5.41, 5.74) is 0. The van der Waals surface area contributed by atoms with E-state index in [2.05, 4.69) is 36.2 Å². The number of hydrogen-bond acceptors (Lipinski definition) is 3. The van der Waals surface area contributed by atoms with E-state index in [1.165, 1.54) is 48.5 Å². The molecule has 3 heteroatoms. The Bertz CT molecular complexity index is 395. The van der Waals surface area contributed by atoms with Crippen LogP contribution in [0.3, 0.4) is 0 Å². The van der Waals surface area contributed by atoms with Gasteiger partial charge < -0.3 is 5.32 Å². The summed E-state index contributed by atoms with van der Waals surface area (Å²) in [5, 5.41) is 3.70. The molecule has 0 spiro atoms. The first-order valence-corrected chi connectivity index (χ1v) is 8.13. The zero-order valence-electron chi connectivity index (χ0n) is 11.5. The van der Waals surface area contributed by atoms with Gasteiger partial charge in [-0.15, -0.1) is 11.3 Å². The lowest BCUT2D eigenvalue weighted by Crippen LogP contribution is -2.44. The van der Waals surface area contributed by atoms with Crippen LogP contribution in [0.2, 0.25) is 0 Å². The molecule has 2 nitrogen and oxygen atoms in total. The second kappa shape index (κ2) is 5.32. The smallest absolute Gasteiger partial charge is 0.0416 e. The van der Waals surface area contributed by atoms with Crippen molar-refractivity contribution in [2.75, 3.05) is 13.1 Å². The molecule has 3 rings (SSSR count). The summed E-state index contributed by atoms with van der Waals surface area (Å²) in [5.74, 6) is 0. The predicted molar refractivity (Wildman–Crippen MR) is 78.2 cm³/mol. The monoisotopic (exact) mass is 264 g/mol. The van der Waals surface area contributed by atoms with Crippen LogP contribution < -0.4 is 5.32 Å². The highest BCUT2D eigenvalue weighted by Crippen LogP contribution is 2.35. The van der Waals surface area contributed by atoms with Gasteiger partial charge in [0.25, 0.3) is 0 Å². The third-order valence-corrected chi connectivity index (χ3v) is 5.75. The molecule has 2 saturated heterocycles. The molecule has 3 heterocycles. The van der Waals surface area contributed by atoms with Crippen LogP contribution in [-0.4, -0.2) is 30.1 Å². The molecule has 2 aliphatic rings. The maximum Gasteiger partial charge on any atom is 0.0416 e. The number of aryl methyl sites for hydroxylation is 1. The highest BCUT2D eigenvalue weighted by molar-refractivity contribution is 7.12. The molecule has 2 fully saturated rings. The SMILES string of the molecule is Cc1ccc(C(C)N2CCCC2C2CCCN2)s1. The molecular weight excluding hydrogens is 240 g/mol. The van der Waals surface area contributed by atoms with Crippen LogP contribution in [0.15, 0.2) is 12.1 Å². The van der Waals surface area contributed by atoms with Crippen LogP contribution in [0, 0.1) is 6.92 Å². The average molecular weight is 264 g/mol. The predicted octanol–water partition coefficient (Wildman–Crippen LogP) is 3.33. The molecule has 3 atom stereocenters. The largest absolute Gasteiger partial charge is 0.312 e. The summed E-state index contributed by atoms with van der Waals surface area (Å²) in [6.45, 7) is 7.10. The van der Waals surface area contributed by atoms with Gasteiger partial charge in [-0.05, 0) is 64.8 Å². The second-order valence-electron chi connectivity index (χ2n) is 5.77. The van der Waals surface area contributed by atoms with Gasteiger partial charge in [-0.2, -0.15) is 0 Å². The van der Waals surface area contributed by atoms with Crippen molar-refractivity contribution in [1.29, 1.82) is 0 Å². The first-order chi connectivity index (χ1) is 8.75. The Morgan fingerprint density at radius 1 is 1.33 bits per heavy atom. The lowest BCUT2D eigenvalue weighted by atomic mass is 10.0. The zero-order valence-corrected chi connectivity index (χ0v) is 12.3. The van der Waals surface area contributed by atoms with Crippen LogP contribution in [0.5, 0.6) is 0 Å². The minimum absolute atomic E-state index is 0.596. The molecule has 0 aromatic carbocycles. The molecule has 1 N–H and O–H groups in total. The number of rotatable bonds is 3. The Kier molecular flexibility index (Phi) is 3.73. The van der Waals surface area contributed by atoms with Crippen LogP contribution >= 0.6 is 11.3 Å². The Balaban J connectivity index is 1.73. The van der Waals surface area contributed by atoms with Gasteiger partial charge in [-0.1, -0.05) is 0 Å². The fourth-order valence-electron chi connectivity index (χ4n) is 3.61. The molecule has 100 valence electrons. The zero-order chi connectivity index (χ0) is 12.5. The molecule has 0 aliphatic carbocycles. The van der Waals surface area contributed by atoms with Crippen LogP contribution in [0.1, 0.15) is 48.4 Å². The van der Waals surface area contributed by atoms with E-state index in [9.17, 15) is 0 Å². The molecule has 1 aromatic heterocycles. The molecular formula is C15H24N2S. The third-order valence-electron chi connectivity index (χ3n) is 4.58. The first kappa shape index (κ1) is 12.6. The van der Waals surface area contributed by atoms with E-state index in [4.69, 9.17) is 0 Å². The highest BCUT2D eigenvalue weighted by atomic mass is 32.1. The molecule has 18 heavy (non-hydrogen) atoms. The molecule has 2 aliphatic heterocycles. The summed E-state index contributed by atoms with van der Waals surface area (Å²) in [6.07, 6.45) is 5.49. The van der Waals surface area contributed by atoms with Crippen molar-refractivity contribution < 1.29 is 0 Å². The molecule has 3 unspecified atom stereocenters. The van der Waals surface area contributed by atoms with Gasteiger partial charge in [0.2, 0.25) is 0 Å². The van der Waals surface area contributed by atoms with Gasteiger partial charge >= 0.3 is 0 Å². The quantitative estimate of drug-likeness (QED) is 0.901. The lowest BCUT2D eigenvalue weighted by molar-refractivity contribution is 0.165. The van der Waals surface area contributed by atoms with Crippen molar-refractivity contribution in [2.45, 2.75) is 57.7 Å². The molecule has 0 bridgehead atoms. The van der Waals surface area contributed by atoms with Gasteiger partial charge in [-0.3, -0.25) is 4.90 Å². The Labute approximate surface area is 114 Å². The van der Waals surface area contributed by atoms with Gasteiger partial charge in [0, 0.05) is 27.9 Å². The number of likely N-dealkylation sites (tertiary alicyclic amines) is 1. The summed E-state index contributed by atoms with van der Waals surface area (Å²) < 4.78 is 0. The number of hydrogen-bond donors (Lipinski definition) is 1. The van der Waals surface area contributed by atoms with E-state index in [0.29, 0.717) is 6.04 Å². The van der Waals surface area contributed by atoms with Crippen molar-refractivity contribution in [3.8, 4) is 0 Å². The average Bonchev–Trinajstić information content (AvgIpc) is 3.08. The van der Waals surface area contributed by atoms with Crippen molar-refractivity contribution in [3.63, 3.8) is 0 Å². The molecule has 1 aromatic rings. The standard InChI is InChI=1S/C15H24N2S/c1-11-7-8-15(18-11)12(2)17-10-4-6-14(17)13-5-3-9-16-13/h7-8,12-14,16H,3-6,9-10H2,1-2H3. The topological polar surface area (TPSA) is 15.3 Å². The van der Waals surface area contributed by atoms with Crippen LogP contribution in [0.4, 0.5) is 0 Å². The summed E-state index contributed by atoms with van der Waals surface area (Å²) >= 11 is 1.97. The lowest BCUT2D eigenvalue weighted by Gasteiger charge is -2.33. The summed E-state index contributed by atoms with van der Waals surface area (Å²) in [7, 11) is 0. The number of thiophene rings is 1. The fraction of sp³-hybridized carbons (Fsp3) is 0.733. The molecule has 0 amide bonds. The number of nitrogens with one attached hydrogen (secondary N) is 1. The first-order valence-electron chi connectivity index (χ1n) is 7.31. The highest BCUT2D eigenvalue weighted by Gasteiger charge is 2.36. The molecule has 0 radical (unpaired) electrons. The Morgan fingerprint density at radius 2 is 2.22 bits per heavy atom. The van der Waals surface area contributed by atoms with E-state index < -0.39 is 0 Å².